The largest absolute Gasteiger partial charge is 0.388 e. The molecule has 110 valence electrons. The van der Waals surface area contributed by atoms with Crippen LogP contribution in [0.3, 0.4) is 0 Å². The first-order valence-electron chi connectivity index (χ1n) is 6.07. The van der Waals surface area contributed by atoms with E-state index in [4.69, 9.17) is 4.74 Å². The minimum absolute atomic E-state index is 0.0547. The monoisotopic (exact) mass is 284 g/mol. The number of ether oxygens (including phenoxy) is 1. The summed E-state index contributed by atoms with van der Waals surface area (Å²) < 4.78 is 5.17. The highest BCUT2D eigenvalue weighted by Crippen LogP contribution is 2.24. The van der Waals surface area contributed by atoms with Crippen molar-refractivity contribution in [2.45, 2.75) is 31.5 Å². The topological polar surface area (TPSA) is 125 Å². The predicted molar refractivity (Wildman–Crippen MR) is 69.2 cm³/mol. The molecule has 0 radical (unpaired) electrons. The Bertz CT molecular complexity index is 509. The summed E-state index contributed by atoms with van der Waals surface area (Å²) in [6.45, 7) is 1.48. The average Bonchev–Trinajstić information content (AvgIpc) is 2.41. The molecule has 20 heavy (non-hydrogen) atoms. The van der Waals surface area contributed by atoms with Crippen molar-refractivity contribution in [1.29, 1.82) is 0 Å². The first-order chi connectivity index (χ1) is 9.40. The average molecular weight is 284 g/mol. The second-order valence-corrected chi connectivity index (χ2v) is 4.71. The molecule has 1 aliphatic rings. The van der Waals surface area contributed by atoms with E-state index in [0.717, 1.165) is 0 Å². The molecule has 0 bridgehead atoms. The molecular formula is C12H16N2O6. The Labute approximate surface area is 114 Å². The maximum Gasteiger partial charge on any atom is 0.274 e. The van der Waals surface area contributed by atoms with Gasteiger partial charge in [-0.2, -0.15) is 0 Å². The normalized spacial score (nSPS) is 30.0. The molecule has 4 N–H and O–H groups in total. The van der Waals surface area contributed by atoms with Gasteiger partial charge < -0.3 is 25.4 Å². The van der Waals surface area contributed by atoms with Gasteiger partial charge in [-0.1, -0.05) is 6.07 Å². The van der Waals surface area contributed by atoms with Gasteiger partial charge in [0.15, 0.2) is 6.23 Å². The summed E-state index contributed by atoms with van der Waals surface area (Å²) in [4.78, 5) is 10.3. The first-order valence-corrected chi connectivity index (χ1v) is 6.07. The zero-order valence-electron chi connectivity index (χ0n) is 10.8. The molecule has 0 unspecified atom stereocenters. The Morgan fingerprint density at radius 3 is 2.70 bits per heavy atom. The van der Waals surface area contributed by atoms with Gasteiger partial charge >= 0.3 is 0 Å². The smallest absolute Gasteiger partial charge is 0.274 e. The van der Waals surface area contributed by atoms with E-state index in [9.17, 15) is 25.4 Å². The molecule has 1 saturated heterocycles. The lowest BCUT2D eigenvalue weighted by Crippen LogP contribution is -2.55. The number of rotatable bonds is 3. The predicted octanol–water partition coefficient (Wildman–Crippen LogP) is -0.246. The number of nitrogens with one attached hydrogen (secondary N) is 1. The fourth-order valence-electron chi connectivity index (χ4n) is 1.99. The molecule has 8 heteroatoms. The van der Waals surface area contributed by atoms with Crippen molar-refractivity contribution in [1.82, 2.24) is 0 Å². The van der Waals surface area contributed by atoms with E-state index >= 15 is 0 Å². The van der Waals surface area contributed by atoms with Gasteiger partial charge in [0.05, 0.1) is 11.5 Å². The molecule has 0 amide bonds. The van der Waals surface area contributed by atoms with Crippen LogP contribution in [0, 0.1) is 17.0 Å². The maximum absolute atomic E-state index is 10.8. The SMILES string of the molecule is Cc1ccc(N[C@@H]2OC[C@H](O)[C@@H](O)[C@H]2O)cc1[N+](=O)[O-]. The van der Waals surface area contributed by atoms with E-state index in [-0.39, 0.29) is 12.3 Å². The number of aliphatic hydroxyl groups excluding tert-OH is 3. The molecule has 0 spiro atoms. The Kier molecular flexibility index (Phi) is 4.19. The minimum atomic E-state index is -1.33. The lowest BCUT2D eigenvalue weighted by molar-refractivity contribution is -0.385. The summed E-state index contributed by atoms with van der Waals surface area (Å²) >= 11 is 0. The first kappa shape index (κ1) is 14.7. The van der Waals surface area contributed by atoms with Gasteiger partial charge in [-0.3, -0.25) is 10.1 Å². The van der Waals surface area contributed by atoms with E-state index in [1.165, 1.54) is 6.07 Å². The van der Waals surface area contributed by atoms with Crippen molar-refractivity contribution in [3.63, 3.8) is 0 Å². The second-order valence-electron chi connectivity index (χ2n) is 4.71. The summed E-state index contributed by atoms with van der Waals surface area (Å²) in [5, 5.41) is 42.3. The molecule has 1 aliphatic heterocycles. The van der Waals surface area contributed by atoms with Crippen LogP contribution in [0.4, 0.5) is 11.4 Å². The third-order valence-corrected chi connectivity index (χ3v) is 3.22. The minimum Gasteiger partial charge on any atom is -0.388 e. The van der Waals surface area contributed by atoms with Crippen molar-refractivity contribution < 1.29 is 25.0 Å². The fourth-order valence-corrected chi connectivity index (χ4v) is 1.99. The molecule has 1 aromatic rings. The molecule has 0 aliphatic carbocycles. The van der Waals surface area contributed by atoms with E-state index in [0.29, 0.717) is 11.3 Å². The lowest BCUT2D eigenvalue weighted by atomic mass is 10.0. The zero-order chi connectivity index (χ0) is 14.9. The standard InChI is InChI=1S/C12H16N2O6/c1-6-2-3-7(4-8(6)14(18)19)13-12-11(17)10(16)9(15)5-20-12/h2-4,9-13,15-17H,5H2,1H3/t9-,10+,11+,12+/m0/s1. The lowest BCUT2D eigenvalue weighted by Gasteiger charge is -2.35. The molecule has 2 rings (SSSR count). The molecular weight excluding hydrogens is 268 g/mol. The van der Waals surface area contributed by atoms with E-state index < -0.39 is 29.5 Å². The number of benzene rings is 1. The van der Waals surface area contributed by atoms with Crippen LogP contribution in [-0.2, 0) is 4.74 Å². The van der Waals surface area contributed by atoms with E-state index in [1.54, 1.807) is 19.1 Å². The Morgan fingerprint density at radius 1 is 1.35 bits per heavy atom. The van der Waals surface area contributed by atoms with Crippen molar-refractivity contribution >= 4 is 11.4 Å². The van der Waals surface area contributed by atoms with Gasteiger partial charge in [-0.25, -0.2) is 0 Å². The highest BCUT2D eigenvalue weighted by atomic mass is 16.6. The molecule has 0 aromatic heterocycles. The Balaban J connectivity index is 2.14. The zero-order valence-corrected chi connectivity index (χ0v) is 10.8. The Morgan fingerprint density at radius 2 is 2.05 bits per heavy atom. The molecule has 4 atom stereocenters. The van der Waals surface area contributed by atoms with Crippen LogP contribution in [0.2, 0.25) is 0 Å². The van der Waals surface area contributed by atoms with Crippen LogP contribution in [0.25, 0.3) is 0 Å². The summed E-state index contributed by atoms with van der Waals surface area (Å²) in [6, 6.07) is 4.50. The molecule has 0 saturated carbocycles. The van der Waals surface area contributed by atoms with Gasteiger partial charge in [-0.15, -0.1) is 0 Å². The summed E-state index contributed by atoms with van der Waals surface area (Å²) in [5.74, 6) is 0. The number of nitrogens with zero attached hydrogens (tertiary/aromatic N) is 1. The number of anilines is 1. The fraction of sp³-hybridized carbons (Fsp3) is 0.500. The van der Waals surface area contributed by atoms with Crippen LogP contribution >= 0.6 is 0 Å². The Hall–Kier alpha value is -1.74. The van der Waals surface area contributed by atoms with Gasteiger partial charge in [0.2, 0.25) is 0 Å². The van der Waals surface area contributed by atoms with Crippen LogP contribution in [-0.4, -0.2) is 51.4 Å². The molecule has 1 aromatic carbocycles. The van der Waals surface area contributed by atoms with Gasteiger partial charge in [0, 0.05) is 17.3 Å². The van der Waals surface area contributed by atoms with Gasteiger partial charge in [-0.05, 0) is 13.0 Å². The number of aliphatic hydroxyl groups is 3. The molecule has 1 heterocycles. The highest BCUT2D eigenvalue weighted by molar-refractivity contribution is 5.55. The number of nitro groups is 1. The highest BCUT2D eigenvalue weighted by Gasteiger charge is 2.37. The second kappa shape index (κ2) is 5.71. The number of nitro benzene ring substituents is 1. The van der Waals surface area contributed by atoms with Crippen LogP contribution < -0.4 is 5.32 Å². The van der Waals surface area contributed by atoms with Gasteiger partial charge in [0.1, 0.15) is 18.3 Å². The van der Waals surface area contributed by atoms with Crippen LogP contribution in [0.15, 0.2) is 18.2 Å². The van der Waals surface area contributed by atoms with Crippen molar-refractivity contribution in [2.24, 2.45) is 0 Å². The van der Waals surface area contributed by atoms with Crippen molar-refractivity contribution in [3.8, 4) is 0 Å². The van der Waals surface area contributed by atoms with E-state index in [1.807, 2.05) is 0 Å². The van der Waals surface area contributed by atoms with Gasteiger partial charge in [0.25, 0.3) is 5.69 Å². The number of aryl methyl sites for hydroxylation is 1. The van der Waals surface area contributed by atoms with E-state index in [2.05, 4.69) is 5.32 Å². The number of hydrogen-bond donors (Lipinski definition) is 4. The summed E-state index contributed by atoms with van der Waals surface area (Å²) in [5.41, 5.74) is 0.844. The summed E-state index contributed by atoms with van der Waals surface area (Å²) in [6.07, 6.45) is -4.77. The van der Waals surface area contributed by atoms with Crippen LogP contribution in [0.5, 0.6) is 0 Å². The molecule has 8 nitrogen and oxygen atoms in total. The molecule has 1 fully saturated rings. The number of hydrogen-bond acceptors (Lipinski definition) is 7. The third kappa shape index (κ3) is 2.88. The third-order valence-electron chi connectivity index (χ3n) is 3.22. The quantitative estimate of drug-likeness (QED) is 0.445. The van der Waals surface area contributed by atoms with Crippen LogP contribution in [0.1, 0.15) is 5.56 Å². The van der Waals surface area contributed by atoms with Crippen molar-refractivity contribution in [2.75, 3.05) is 11.9 Å². The van der Waals surface area contributed by atoms with Crippen molar-refractivity contribution in [3.05, 3.63) is 33.9 Å². The summed E-state index contributed by atoms with van der Waals surface area (Å²) in [7, 11) is 0. The maximum atomic E-state index is 10.8.